The lowest BCUT2D eigenvalue weighted by atomic mass is 9.92. The highest BCUT2D eigenvalue weighted by atomic mass is 16.3. The van der Waals surface area contributed by atoms with Crippen LogP contribution in [0.3, 0.4) is 0 Å². The van der Waals surface area contributed by atoms with Crippen molar-refractivity contribution in [2.24, 2.45) is 0 Å². The summed E-state index contributed by atoms with van der Waals surface area (Å²) in [6, 6.07) is 65.1. The predicted octanol–water partition coefficient (Wildman–Crippen LogP) is 13.8. The molecule has 0 N–H and O–H groups in total. The number of anilines is 3. The summed E-state index contributed by atoms with van der Waals surface area (Å²) in [6.07, 6.45) is 3.73. The molecule has 0 saturated heterocycles. The number of aromatic nitrogens is 1. The lowest BCUT2D eigenvalue weighted by molar-refractivity contribution is 0.672. The van der Waals surface area contributed by atoms with Crippen LogP contribution < -0.4 is 4.90 Å². The molecule has 0 spiro atoms. The van der Waals surface area contributed by atoms with Crippen LogP contribution >= 0.6 is 0 Å². The third-order valence-corrected chi connectivity index (χ3v) is 10.1. The number of benzene rings is 8. The number of hydrogen-bond donors (Lipinski definition) is 0. The molecule has 2 heterocycles. The van der Waals surface area contributed by atoms with Gasteiger partial charge in [-0.3, -0.25) is 4.98 Å². The molecule has 0 fully saturated rings. The molecule has 10 rings (SSSR count). The second-order valence-electron chi connectivity index (χ2n) is 13.2. The van der Waals surface area contributed by atoms with E-state index in [1.807, 2.05) is 18.5 Å². The van der Waals surface area contributed by atoms with E-state index in [1.54, 1.807) is 0 Å². The number of furan rings is 1. The van der Waals surface area contributed by atoms with Gasteiger partial charge in [0.2, 0.25) is 0 Å². The van der Waals surface area contributed by atoms with Crippen LogP contribution in [0.1, 0.15) is 0 Å². The first kappa shape index (κ1) is 29.9. The highest BCUT2D eigenvalue weighted by Crippen LogP contribution is 2.48. The molecule has 0 aliphatic rings. The minimum absolute atomic E-state index is 0.841. The van der Waals surface area contributed by atoms with E-state index in [0.717, 1.165) is 66.5 Å². The summed E-state index contributed by atoms with van der Waals surface area (Å²) in [5.74, 6) is 0. The molecule has 8 aromatic carbocycles. The summed E-state index contributed by atoms with van der Waals surface area (Å²) in [6.45, 7) is 0. The van der Waals surface area contributed by atoms with Gasteiger partial charge >= 0.3 is 0 Å². The van der Waals surface area contributed by atoms with Crippen molar-refractivity contribution in [2.75, 3.05) is 4.90 Å². The zero-order valence-electron chi connectivity index (χ0n) is 28.3. The Hall–Kier alpha value is -6.97. The Morgan fingerprint density at radius 3 is 1.98 bits per heavy atom. The van der Waals surface area contributed by atoms with Crippen LogP contribution in [0.4, 0.5) is 17.1 Å². The summed E-state index contributed by atoms with van der Waals surface area (Å²) in [4.78, 5) is 6.79. The van der Waals surface area contributed by atoms with Crippen molar-refractivity contribution in [1.29, 1.82) is 0 Å². The molecule has 52 heavy (non-hydrogen) atoms. The SMILES string of the molecule is c1ccc(-c2cccc(N(c3ccc(-c4ccccc4)cc3-c3cccc4ccccc34)c3cccc4oc5c6ccncc6ccc5c34)c2)cc1. The summed E-state index contributed by atoms with van der Waals surface area (Å²) in [7, 11) is 0. The Kier molecular flexibility index (Phi) is 7.14. The van der Waals surface area contributed by atoms with Crippen LogP contribution in [0, 0.1) is 0 Å². The van der Waals surface area contributed by atoms with E-state index in [-0.39, 0.29) is 0 Å². The summed E-state index contributed by atoms with van der Waals surface area (Å²) in [5, 5.41) is 6.66. The Labute approximate surface area is 301 Å². The second kappa shape index (κ2) is 12.4. The molecular weight excluding hydrogens is 633 g/mol. The van der Waals surface area contributed by atoms with Crippen LogP contribution in [-0.2, 0) is 0 Å². The molecule has 0 atom stereocenters. The lowest BCUT2D eigenvalue weighted by Gasteiger charge is -2.29. The van der Waals surface area contributed by atoms with Gasteiger partial charge in [0.25, 0.3) is 0 Å². The van der Waals surface area contributed by atoms with Crippen molar-refractivity contribution < 1.29 is 4.42 Å². The van der Waals surface area contributed by atoms with Crippen LogP contribution in [0.5, 0.6) is 0 Å². The molecule has 244 valence electrons. The third-order valence-electron chi connectivity index (χ3n) is 10.1. The van der Waals surface area contributed by atoms with E-state index < -0.39 is 0 Å². The maximum absolute atomic E-state index is 6.72. The molecule has 0 bridgehead atoms. The van der Waals surface area contributed by atoms with Crippen molar-refractivity contribution in [3.05, 3.63) is 194 Å². The standard InChI is InChI=1S/C49H32N2O/c1-3-12-33(13-4-1)36-18-9-19-39(30-36)51(46-22-11-23-47-48(46)43-26-24-38-32-50-29-28-41(38)49(43)52-47)45-27-25-37(34-14-5-2-6-15-34)31-44(45)42-21-10-17-35-16-7-8-20-40(35)42/h1-32H. The number of pyridine rings is 1. The number of rotatable bonds is 6. The first-order valence-corrected chi connectivity index (χ1v) is 17.6. The van der Waals surface area contributed by atoms with Gasteiger partial charge in [-0.2, -0.15) is 0 Å². The zero-order valence-corrected chi connectivity index (χ0v) is 28.3. The molecule has 10 aromatic rings. The average molecular weight is 665 g/mol. The molecule has 0 aliphatic heterocycles. The summed E-state index contributed by atoms with van der Waals surface area (Å²) in [5.41, 5.74) is 11.9. The minimum Gasteiger partial charge on any atom is -0.455 e. The van der Waals surface area contributed by atoms with Gasteiger partial charge < -0.3 is 9.32 Å². The smallest absolute Gasteiger partial charge is 0.143 e. The normalized spacial score (nSPS) is 11.5. The van der Waals surface area contributed by atoms with Gasteiger partial charge in [0.1, 0.15) is 11.2 Å². The molecule has 0 saturated carbocycles. The maximum atomic E-state index is 6.72. The molecular formula is C49H32N2O. The highest BCUT2D eigenvalue weighted by molar-refractivity contribution is 6.20. The number of nitrogens with zero attached hydrogens (tertiary/aromatic N) is 2. The fourth-order valence-electron chi connectivity index (χ4n) is 7.70. The molecule has 0 amide bonds. The average Bonchev–Trinajstić information content (AvgIpc) is 3.62. The predicted molar refractivity (Wildman–Crippen MR) is 218 cm³/mol. The Morgan fingerprint density at radius 2 is 1.13 bits per heavy atom. The van der Waals surface area contributed by atoms with Gasteiger partial charge in [0.05, 0.1) is 16.8 Å². The summed E-state index contributed by atoms with van der Waals surface area (Å²) >= 11 is 0. The molecule has 0 aliphatic carbocycles. The maximum Gasteiger partial charge on any atom is 0.143 e. The monoisotopic (exact) mass is 664 g/mol. The van der Waals surface area contributed by atoms with E-state index >= 15 is 0 Å². The minimum atomic E-state index is 0.841. The van der Waals surface area contributed by atoms with E-state index in [0.29, 0.717) is 0 Å². The van der Waals surface area contributed by atoms with E-state index in [2.05, 4.69) is 186 Å². The largest absolute Gasteiger partial charge is 0.455 e. The Bertz CT molecular complexity index is 2910. The van der Waals surface area contributed by atoms with Crippen LogP contribution in [-0.4, -0.2) is 4.98 Å². The van der Waals surface area contributed by atoms with Gasteiger partial charge in [0.15, 0.2) is 0 Å². The van der Waals surface area contributed by atoms with Gasteiger partial charge in [-0.1, -0.05) is 133 Å². The molecule has 3 heteroatoms. The molecule has 3 nitrogen and oxygen atoms in total. The molecule has 2 aromatic heterocycles. The van der Waals surface area contributed by atoms with Crippen LogP contribution in [0.15, 0.2) is 199 Å². The fourth-order valence-corrected chi connectivity index (χ4v) is 7.70. The Balaban J connectivity index is 1.30. The highest BCUT2D eigenvalue weighted by Gasteiger charge is 2.24. The van der Waals surface area contributed by atoms with Gasteiger partial charge in [0, 0.05) is 39.8 Å². The van der Waals surface area contributed by atoms with Crippen molar-refractivity contribution in [2.45, 2.75) is 0 Å². The molecule has 0 radical (unpaired) electrons. The number of hydrogen-bond acceptors (Lipinski definition) is 3. The topological polar surface area (TPSA) is 29.3 Å². The van der Waals surface area contributed by atoms with Gasteiger partial charge in [-0.15, -0.1) is 0 Å². The second-order valence-corrected chi connectivity index (χ2v) is 13.2. The first-order chi connectivity index (χ1) is 25.8. The van der Waals surface area contributed by atoms with E-state index in [4.69, 9.17) is 4.42 Å². The van der Waals surface area contributed by atoms with E-state index in [1.165, 1.54) is 27.5 Å². The van der Waals surface area contributed by atoms with Crippen molar-refractivity contribution in [3.63, 3.8) is 0 Å². The zero-order chi connectivity index (χ0) is 34.4. The van der Waals surface area contributed by atoms with Gasteiger partial charge in [-0.25, -0.2) is 0 Å². The van der Waals surface area contributed by atoms with Crippen molar-refractivity contribution >= 4 is 60.5 Å². The number of fused-ring (bicyclic) bond motifs is 6. The third kappa shape index (κ3) is 5.02. The van der Waals surface area contributed by atoms with Crippen LogP contribution in [0.2, 0.25) is 0 Å². The van der Waals surface area contributed by atoms with Crippen molar-refractivity contribution in [1.82, 2.24) is 4.98 Å². The Morgan fingerprint density at radius 1 is 0.423 bits per heavy atom. The van der Waals surface area contributed by atoms with Gasteiger partial charge in [-0.05, 0) is 87.1 Å². The quantitative estimate of drug-likeness (QED) is 0.177. The van der Waals surface area contributed by atoms with E-state index in [9.17, 15) is 0 Å². The molecule has 0 unspecified atom stereocenters. The fraction of sp³-hybridized carbons (Fsp3) is 0. The van der Waals surface area contributed by atoms with Crippen LogP contribution in [0.25, 0.3) is 76.9 Å². The summed E-state index contributed by atoms with van der Waals surface area (Å²) < 4.78 is 6.72. The van der Waals surface area contributed by atoms with Crippen molar-refractivity contribution in [3.8, 4) is 33.4 Å². The lowest BCUT2D eigenvalue weighted by Crippen LogP contribution is -2.12. The first-order valence-electron chi connectivity index (χ1n) is 17.6.